The van der Waals surface area contributed by atoms with E-state index in [2.05, 4.69) is 25.9 Å². The van der Waals surface area contributed by atoms with Gasteiger partial charge in [-0.3, -0.25) is 4.79 Å². The molecule has 0 unspecified atom stereocenters. The second-order valence-electron chi connectivity index (χ2n) is 7.26. The van der Waals surface area contributed by atoms with E-state index >= 15 is 0 Å². The maximum absolute atomic E-state index is 14.3. The van der Waals surface area contributed by atoms with Gasteiger partial charge in [-0.2, -0.15) is 0 Å². The van der Waals surface area contributed by atoms with Crippen LogP contribution < -0.4 is 5.73 Å². The van der Waals surface area contributed by atoms with Gasteiger partial charge in [-0.15, -0.1) is 0 Å². The molecule has 9 heteroatoms. The van der Waals surface area contributed by atoms with Gasteiger partial charge in [0.1, 0.15) is 23.1 Å². The lowest BCUT2D eigenvalue weighted by molar-refractivity contribution is 0.0681. The minimum atomic E-state index is -0.712. The number of H-pyrrole nitrogens is 1. The summed E-state index contributed by atoms with van der Waals surface area (Å²) in [7, 11) is 0. The number of amides is 1. The molecule has 1 aliphatic heterocycles. The molecular weight excluding hydrogens is 446 g/mol. The number of aromatic amines is 1. The number of nitrogens with zero attached hydrogens (tertiary/aromatic N) is 2. The topological polar surface area (TPSA) is 84.2 Å². The van der Waals surface area contributed by atoms with Crippen molar-refractivity contribution in [3.63, 3.8) is 0 Å². The smallest absolute Gasteiger partial charge is 0.270 e. The highest BCUT2D eigenvalue weighted by atomic mass is 79.9. The van der Waals surface area contributed by atoms with E-state index in [4.69, 9.17) is 10.5 Å². The van der Waals surface area contributed by atoms with E-state index in [1.54, 1.807) is 19.9 Å². The average Bonchev–Trinajstić information content (AvgIpc) is 3.27. The molecule has 1 aromatic carbocycles. The minimum Gasteiger partial charge on any atom is -0.383 e. The molecule has 0 fully saturated rings. The van der Waals surface area contributed by atoms with Crippen molar-refractivity contribution < 1.29 is 18.3 Å². The van der Waals surface area contributed by atoms with Gasteiger partial charge in [0.2, 0.25) is 0 Å². The van der Waals surface area contributed by atoms with Crippen LogP contribution in [-0.2, 0) is 24.5 Å². The van der Waals surface area contributed by atoms with Gasteiger partial charge in [-0.1, -0.05) is 15.9 Å². The molecule has 0 saturated heterocycles. The number of nitrogens with one attached hydrogen (secondary N) is 1. The first-order chi connectivity index (χ1) is 13.8. The van der Waals surface area contributed by atoms with Crippen LogP contribution in [0.15, 0.2) is 22.7 Å². The standard InChI is InChI=1S/C20H19BrF2N4O2/c1-9(2)27(6-11-14(22)3-10(21)4-15(11)23)20(28)17-5-16-18(25-17)12-7-29-8-13(12)19(24)26-16/h3-5,9,25H,6-8H2,1-2H3,(H2,24,26). The van der Waals surface area contributed by atoms with Gasteiger partial charge >= 0.3 is 0 Å². The molecular formula is C20H19BrF2N4O2. The molecule has 29 heavy (non-hydrogen) atoms. The quantitative estimate of drug-likeness (QED) is 0.603. The Labute approximate surface area is 174 Å². The molecule has 0 atom stereocenters. The van der Waals surface area contributed by atoms with E-state index in [1.807, 2.05) is 0 Å². The van der Waals surface area contributed by atoms with Crippen molar-refractivity contribution in [3.8, 4) is 0 Å². The monoisotopic (exact) mass is 464 g/mol. The molecule has 0 spiro atoms. The van der Waals surface area contributed by atoms with Crippen molar-refractivity contribution in [2.45, 2.75) is 39.6 Å². The lowest BCUT2D eigenvalue weighted by Gasteiger charge is -2.27. The molecule has 0 saturated carbocycles. The van der Waals surface area contributed by atoms with E-state index < -0.39 is 11.6 Å². The average molecular weight is 465 g/mol. The lowest BCUT2D eigenvalue weighted by atomic mass is 10.1. The molecule has 2 aromatic heterocycles. The van der Waals surface area contributed by atoms with Crippen molar-refractivity contribution >= 4 is 38.7 Å². The lowest BCUT2D eigenvalue weighted by Crippen LogP contribution is -2.37. The van der Waals surface area contributed by atoms with Crippen LogP contribution in [0.3, 0.4) is 0 Å². The van der Waals surface area contributed by atoms with Gasteiger partial charge in [-0.25, -0.2) is 13.8 Å². The summed E-state index contributed by atoms with van der Waals surface area (Å²) in [6.45, 7) is 4.14. The Balaban J connectivity index is 1.71. The summed E-state index contributed by atoms with van der Waals surface area (Å²) in [5.74, 6) is -1.43. The molecule has 152 valence electrons. The van der Waals surface area contributed by atoms with Crippen LogP contribution in [0.4, 0.5) is 14.6 Å². The maximum Gasteiger partial charge on any atom is 0.270 e. The zero-order valence-electron chi connectivity index (χ0n) is 15.9. The van der Waals surface area contributed by atoms with E-state index in [-0.39, 0.29) is 29.8 Å². The zero-order valence-corrected chi connectivity index (χ0v) is 17.4. The van der Waals surface area contributed by atoms with Gasteiger partial charge in [0.05, 0.1) is 30.8 Å². The number of carbonyl (C=O) groups is 1. The Hall–Kier alpha value is -2.52. The van der Waals surface area contributed by atoms with Gasteiger partial charge in [0.25, 0.3) is 5.91 Å². The molecule has 3 N–H and O–H groups in total. The van der Waals surface area contributed by atoms with Crippen LogP contribution in [-0.4, -0.2) is 26.8 Å². The highest BCUT2D eigenvalue weighted by Crippen LogP contribution is 2.31. The van der Waals surface area contributed by atoms with Gasteiger partial charge in [-0.05, 0) is 32.0 Å². The van der Waals surface area contributed by atoms with Crippen molar-refractivity contribution in [2.75, 3.05) is 5.73 Å². The third-order valence-corrected chi connectivity index (χ3v) is 5.51. The Morgan fingerprint density at radius 2 is 1.93 bits per heavy atom. The number of pyridine rings is 1. The SMILES string of the molecule is CC(C)N(Cc1c(F)cc(Br)cc1F)C(=O)c1cc2nc(N)c3c(c2[nH]1)COC3. The van der Waals surface area contributed by atoms with Crippen molar-refractivity contribution in [2.24, 2.45) is 0 Å². The van der Waals surface area contributed by atoms with Crippen molar-refractivity contribution in [1.29, 1.82) is 0 Å². The molecule has 0 bridgehead atoms. The summed E-state index contributed by atoms with van der Waals surface area (Å²) >= 11 is 3.06. The third-order valence-electron chi connectivity index (χ3n) is 5.05. The zero-order chi connectivity index (χ0) is 20.9. The van der Waals surface area contributed by atoms with Crippen LogP contribution in [0, 0.1) is 11.6 Å². The summed E-state index contributed by atoms with van der Waals surface area (Å²) in [5, 5.41) is 0. The van der Waals surface area contributed by atoms with Gasteiger partial charge < -0.3 is 20.4 Å². The number of aromatic nitrogens is 2. The highest BCUT2D eigenvalue weighted by Gasteiger charge is 2.26. The van der Waals surface area contributed by atoms with E-state index in [0.717, 1.165) is 11.1 Å². The maximum atomic E-state index is 14.3. The Bertz CT molecular complexity index is 1110. The number of nitrogen functional groups attached to an aromatic ring is 1. The normalized spacial score (nSPS) is 13.3. The minimum absolute atomic E-state index is 0.164. The third kappa shape index (κ3) is 3.49. The number of hydrogen-bond donors (Lipinski definition) is 2. The number of ether oxygens (including phenoxy) is 1. The van der Waals surface area contributed by atoms with E-state index in [0.29, 0.717) is 34.5 Å². The molecule has 0 radical (unpaired) electrons. The number of benzene rings is 1. The fraction of sp³-hybridized carbons (Fsp3) is 0.300. The summed E-state index contributed by atoms with van der Waals surface area (Å²) < 4.78 is 34.4. The molecule has 3 aromatic rings. The second kappa shape index (κ2) is 7.38. The largest absolute Gasteiger partial charge is 0.383 e. The fourth-order valence-electron chi connectivity index (χ4n) is 3.49. The van der Waals surface area contributed by atoms with Gasteiger partial charge in [0, 0.05) is 27.2 Å². The van der Waals surface area contributed by atoms with Crippen molar-refractivity contribution in [1.82, 2.24) is 14.9 Å². The highest BCUT2D eigenvalue weighted by molar-refractivity contribution is 9.10. The number of anilines is 1. The van der Waals surface area contributed by atoms with E-state index in [1.165, 1.54) is 17.0 Å². The summed E-state index contributed by atoms with van der Waals surface area (Å²) in [5.41, 5.74) is 9.05. The Morgan fingerprint density at radius 1 is 1.28 bits per heavy atom. The molecule has 6 nitrogen and oxygen atoms in total. The van der Waals surface area contributed by atoms with Crippen molar-refractivity contribution in [3.05, 3.63) is 56.7 Å². The molecule has 1 aliphatic rings. The van der Waals surface area contributed by atoms with Crippen LogP contribution >= 0.6 is 15.9 Å². The fourth-order valence-corrected chi connectivity index (χ4v) is 3.89. The first kappa shape index (κ1) is 19.8. The first-order valence-electron chi connectivity index (χ1n) is 9.08. The molecule has 1 amide bonds. The number of carbonyl (C=O) groups excluding carboxylic acids is 1. The second-order valence-corrected chi connectivity index (χ2v) is 8.18. The molecule has 3 heterocycles. The number of hydrogen-bond acceptors (Lipinski definition) is 4. The number of rotatable bonds is 4. The summed E-state index contributed by atoms with van der Waals surface area (Å²) in [6, 6.07) is 3.68. The molecule has 0 aliphatic carbocycles. The Kier molecular flexibility index (Phi) is 5.04. The first-order valence-corrected chi connectivity index (χ1v) is 9.87. The predicted octanol–water partition coefficient (Wildman–Crippen LogP) is 4.27. The van der Waals surface area contributed by atoms with Crippen LogP contribution in [0.25, 0.3) is 11.0 Å². The van der Waals surface area contributed by atoms with E-state index in [9.17, 15) is 13.6 Å². The van der Waals surface area contributed by atoms with Crippen LogP contribution in [0.1, 0.15) is 41.0 Å². The number of nitrogens with two attached hydrogens (primary N) is 1. The van der Waals surface area contributed by atoms with Crippen LogP contribution in [0.5, 0.6) is 0 Å². The number of fused-ring (bicyclic) bond motifs is 3. The Morgan fingerprint density at radius 3 is 2.59 bits per heavy atom. The molecule has 4 rings (SSSR count). The predicted molar refractivity (Wildman–Crippen MR) is 108 cm³/mol. The summed E-state index contributed by atoms with van der Waals surface area (Å²) in [4.78, 5) is 22.0. The van der Waals surface area contributed by atoms with Gasteiger partial charge in [0.15, 0.2) is 0 Å². The summed E-state index contributed by atoms with van der Waals surface area (Å²) in [6.07, 6.45) is 0. The number of halogens is 3. The van der Waals surface area contributed by atoms with Crippen LogP contribution in [0.2, 0.25) is 0 Å².